The second kappa shape index (κ2) is 9.29. The van der Waals surface area contributed by atoms with Gasteiger partial charge in [0.05, 0.1) is 15.1 Å². The number of fused-ring (bicyclic) bond motifs is 1. The number of hydrogen-bond donors (Lipinski definition) is 1. The minimum Gasteiger partial charge on any atom is -0.298 e. The van der Waals surface area contributed by atoms with Crippen molar-refractivity contribution in [1.82, 2.24) is 9.29 Å². The molecule has 2 aromatic carbocycles. The first-order valence-electron chi connectivity index (χ1n) is 11.1. The van der Waals surface area contributed by atoms with Gasteiger partial charge in [-0.25, -0.2) is 13.4 Å². The summed E-state index contributed by atoms with van der Waals surface area (Å²) in [5.41, 5.74) is 2.48. The molecule has 0 aliphatic carbocycles. The largest absolute Gasteiger partial charge is 0.298 e. The van der Waals surface area contributed by atoms with Crippen molar-refractivity contribution in [2.45, 2.75) is 63.3 Å². The highest BCUT2D eigenvalue weighted by molar-refractivity contribution is 7.89. The van der Waals surface area contributed by atoms with Crippen LogP contribution in [0.3, 0.4) is 0 Å². The number of rotatable bonds is 6. The van der Waals surface area contributed by atoms with Crippen molar-refractivity contribution in [2.75, 3.05) is 11.9 Å². The highest BCUT2D eigenvalue weighted by Crippen LogP contribution is 2.30. The molecule has 3 aromatic rings. The predicted octanol–water partition coefficient (Wildman–Crippen LogP) is 5.63. The Morgan fingerprint density at radius 2 is 1.94 bits per heavy atom. The van der Waals surface area contributed by atoms with Gasteiger partial charge >= 0.3 is 0 Å². The van der Waals surface area contributed by atoms with Crippen molar-refractivity contribution in [2.24, 2.45) is 0 Å². The molecule has 8 heteroatoms. The van der Waals surface area contributed by atoms with E-state index in [0.29, 0.717) is 23.2 Å². The lowest BCUT2D eigenvalue weighted by molar-refractivity contribution is 0.102. The Bertz CT molecular complexity index is 1220. The molecule has 0 radical (unpaired) electrons. The van der Waals surface area contributed by atoms with Crippen LogP contribution in [0.2, 0.25) is 0 Å². The Morgan fingerprint density at radius 1 is 1.19 bits per heavy atom. The molecular formula is C24H29N3O3S2. The Kier molecular flexibility index (Phi) is 6.65. The lowest BCUT2D eigenvalue weighted by Gasteiger charge is -2.34. The fraction of sp³-hybridized carbons (Fsp3) is 0.417. The van der Waals surface area contributed by atoms with E-state index < -0.39 is 10.0 Å². The molecule has 32 heavy (non-hydrogen) atoms. The molecule has 1 unspecified atom stereocenters. The smallest absolute Gasteiger partial charge is 0.257 e. The first-order valence-corrected chi connectivity index (χ1v) is 13.4. The molecule has 1 atom stereocenters. The van der Waals surface area contributed by atoms with E-state index in [0.717, 1.165) is 35.9 Å². The molecule has 1 N–H and O–H groups in total. The fourth-order valence-electron chi connectivity index (χ4n) is 4.14. The summed E-state index contributed by atoms with van der Waals surface area (Å²) in [4.78, 5) is 17.5. The summed E-state index contributed by atoms with van der Waals surface area (Å²) in [6.45, 7) is 6.86. The molecule has 6 nitrogen and oxygen atoms in total. The Morgan fingerprint density at radius 3 is 2.62 bits per heavy atom. The molecule has 0 bridgehead atoms. The van der Waals surface area contributed by atoms with Gasteiger partial charge in [0, 0.05) is 18.2 Å². The summed E-state index contributed by atoms with van der Waals surface area (Å²) in [5.74, 6) is 0.119. The van der Waals surface area contributed by atoms with E-state index in [1.165, 1.54) is 29.0 Å². The number of anilines is 1. The van der Waals surface area contributed by atoms with Crippen molar-refractivity contribution < 1.29 is 13.2 Å². The third-order valence-corrected chi connectivity index (χ3v) is 8.97. The first kappa shape index (κ1) is 22.9. The molecule has 1 aromatic heterocycles. The van der Waals surface area contributed by atoms with Crippen molar-refractivity contribution in [1.29, 1.82) is 0 Å². The minimum absolute atomic E-state index is 0.0481. The van der Waals surface area contributed by atoms with Gasteiger partial charge in [-0.2, -0.15) is 4.31 Å². The van der Waals surface area contributed by atoms with Gasteiger partial charge in [0.1, 0.15) is 0 Å². The fourth-order valence-corrected chi connectivity index (χ4v) is 6.81. The van der Waals surface area contributed by atoms with Crippen LogP contribution in [0.4, 0.5) is 5.13 Å². The number of sulfonamides is 1. The lowest BCUT2D eigenvalue weighted by atomic mass is 10.0. The average molecular weight is 472 g/mol. The number of carbonyl (C=O) groups is 1. The molecule has 170 valence electrons. The molecule has 1 aliphatic heterocycles. The van der Waals surface area contributed by atoms with E-state index in [2.05, 4.69) is 36.3 Å². The van der Waals surface area contributed by atoms with Crippen LogP contribution in [-0.4, -0.2) is 36.2 Å². The second-order valence-electron chi connectivity index (χ2n) is 8.55. The molecule has 4 rings (SSSR count). The van der Waals surface area contributed by atoms with Gasteiger partial charge in [0.15, 0.2) is 5.13 Å². The standard InChI is InChI=1S/C24H29N3O3S2/c1-4-19-7-5-6-14-27(19)32(29,30)20-11-8-17(9-12-20)23(28)26-24-25-21-13-10-18(16(2)3)15-22(21)31-24/h8-13,15-16,19H,4-7,14H2,1-3H3,(H,25,26,28). The van der Waals surface area contributed by atoms with E-state index in [4.69, 9.17) is 0 Å². The molecule has 1 amide bonds. The van der Waals surface area contributed by atoms with Crippen molar-refractivity contribution in [3.8, 4) is 0 Å². The number of thiazole rings is 1. The summed E-state index contributed by atoms with van der Waals surface area (Å²) in [5, 5.41) is 3.37. The number of piperidine rings is 1. The number of nitrogens with zero attached hydrogens (tertiary/aromatic N) is 2. The van der Waals surface area contributed by atoms with E-state index in [1.54, 1.807) is 16.4 Å². The molecule has 1 saturated heterocycles. The van der Waals surface area contributed by atoms with Crippen LogP contribution in [0.1, 0.15) is 68.3 Å². The van der Waals surface area contributed by atoms with Crippen LogP contribution >= 0.6 is 11.3 Å². The maximum Gasteiger partial charge on any atom is 0.257 e. The van der Waals surface area contributed by atoms with Crippen LogP contribution < -0.4 is 5.32 Å². The summed E-state index contributed by atoms with van der Waals surface area (Å²) in [7, 11) is -3.56. The van der Waals surface area contributed by atoms with Crippen LogP contribution in [-0.2, 0) is 10.0 Å². The van der Waals surface area contributed by atoms with Gasteiger partial charge in [0.2, 0.25) is 10.0 Å². The number of amides is 1. The van der Waals surface area contributed by atoms with Crippen molar-refractivity contribution in [3.63, 3.8) is 0 Å². The van der Waals surface area contributed by atoms with Crippen LogP contribution in [0.5, 0.6) is 0 Å². The second-order valence-corrected chi connectivity index (χ2v) is 11.5. The zero-order valence-corrected chi connectivity index (χ0v) is 20.3. The zero-order valence-electron chi connectivity index (χ0n) is 18.7. The van der Waals surface area contributed by atoms with E-state index in [9.17, 15) is 13.2 Å². The van der Waals surface area contributed by atoms with Gasteiger partial charge in [-0.1, -0.05) is 44.6 Å². The zero-order chi connectivity index (χ0) is 22.9. The highest BCUT2D eigenvalue weighted by Gasteiger charge is 2.32. The summed E-state index contributed by atoms with van der Waals surface area (Å²) in [6, 6.07) is 12.4. The van der Waals surface area contributed by atoms with Gasteiger partial charge < -0.3 is 0 Å². The van der Waals surface area contributed by atoms with Crippen LogP contribution in [0, 0.1) is 0 Å². The Hall–Kier alpha value is -2.29. The Balaban J connectivity index is 1.50. The number of aromatic nitrogens is 1. The normalized spacial score (nSPS) is 17.7. The van der Waals surface area contributed by atoms with E-state index >= 15 is 0 Å². The maximum atomic E-state index is 13.1. The molecule has 1 fully saturated rings. The molecule has 0 saturated carbocycles. The molecule has 1 aliphatic rings. The molecule has 2 heterocycles. The number of nitrogens with one attached hydrogen (secondary N) is 1. The van der Waals surface area contributed by atoms with Gasteiger partial charge in [-0.05, 0) is 67.1 Å². The predicted molar refractivity (Wildman–Crippen MR) is 130 cm³/mol. The number of carbonyl (C=O) groups excluding carboxylic acids is 1. The van der Waals surface area contributed by atoms with Crippen LogP contribution in [0.25, 0.3) is 10.2 Å². The summed E-state index contributed by atoms with van der Waals surface area (Å²) in [6.07, 6.45) is 3.66. The maximum absolute atomic E-state index is 13.1. The summed E-state index contributed by atoms with van der Waals surface area (Å²) >= 11 is 1.44. The number of benzene rings is 2. The first-order chi connectivity index (χ1) is 15.3. The third-order valence-electron chi connectivity index (χ3n) is 6.07. The van der Waals surface area contributed by atoms with Crippen molar-refractivity contribution >= 4 is 42.6 Å². The quantitative estimate of drug-likeness (QED) is 0.506. The monoisotopic (exact) mass is 471 g/mol. The topological polar surface area (TPSA) is 79.4 Å². The van der Waals surface area contributed by atoms with Crippen LogP contribution in [0.15, 0.2) is 47.4 Å². The number of hydrogen-bond acceptors (Lipinski definition) is 5. The van der Waals surface area contributed by atoms with Gasteiger partial charge in [-0.3, -0.25) is 10.1 Å². The SMILES string of the molecule is CCC1CCCCN1S(=O)(=O)c1ccc(C(=O)Nc2nc3ccc(C(C)C)cc3s2)cc1. The highest BCUT2D eigenvalue weighted by atomic mass is 32.2. The molecular weight excluding hydrogens is 442 g/mol. The van der Waals surface area contributed by atoms with E-state index in [-0.39, 0.29) is 16.8 Å². The lowest BCUT2D eigenvalue weighted by Crippen LogP contribution is -2.43. The minimum atomic E-state index is -3.56. The Labute approximate surface area is 193 Å². The summed E-state index contributed by atoms with van der Waals surface area (Å²) < 4.78 is 28.9. The third kappa shape index (κ3) is 4.58. The molecule has 0 spiro atoms. The average Bonchev–Trinajstić information content (AvgIpc) is 3.20. The van der Waals surface area contributed by atoms with E-state index in [1.807, 2.05) is 13.0 Å². The van der Waals surface area contributed by atoms with Crippen molar-refractivity contribution in [3.05, 3.63) is 53.6 Å². The van der Waals surface area contributed by atoms with Gasteiger partial charge in [0.25, 0.3) is 5.91 Å². The van der Waals surface area contributed by atoms with Gasteiger partial charge in [-0.15, -0.1) is 0 Å².